The number of rotatable bonds is 1. The molecule has 5 nitrogen and oxygen atoms in total. The Morgan fingerprint density at radius 3 is 2.67 bits per heavy atom. The summed E-state index contributed by atoms with van der Waals surface area (Å²) in [4.78, 5) is 7.00. The molecule has 0 bridgehead atoms. The topological polar surface area (TPSA) is 42.7 Å². The number of aryl methyl sites for hydroxylation is 1. The van der Waals surface area contributed by atoms with Crippen LogP contribution in [0.25, 0.3) is 5.65 Å². The highest BCUT2D eigenvalue weighted by molar-refractivity contribution is 5.51. The third-order valence-electron chi connectivity index (χ3n) is 5.17. The van der Waals surface area contributed by atoms with Crippen molar-refractivity contribution < 1.29 is 4.74 Å². The zero-order valence-corrected chi connectivity index (χ0v) is 12.6. The van der Waals surface area contributed by atoms with Crippen LogP contribution < -0.4 is 4.90 Å². The van der Waals surface area contributed by atoms with Crippen molar-refractivity contribution in [2.24, 2.45) is 5.41 Å². The minimum atomic E-state index is 0.528. The standard InChI is InChI=1S/C16H22N4O/c1-13-12-15(20-14(18-13)2-7-17-20)19-8-3-16(4-9-19)5-10-21-11-6-16/h2,7,12H,3-6,8-11H2,1H3. The fourth-order valence-corrected chi connectivity index (χ4v) is 3.76. The molecule has 4 heterocycles. The number of ether oxygens (including phenoxy) is 1. The SMILES string of the molecule is Cc1cc(N2CCC3(CCOCC3)CC2)n2nccc2n1. The number of nitrogens with zero attached hydrogens (tertiary/aromatic N) is 4. The van der Waals surface area contributed by atoms with Gasteiger partial charge in [0.05, 0.1) is 6.20 Å². The largest absolute Gasteiger partial charge is 0.381 e. The van der Waals surface area contributed by atoms with E-state index in [0.29, 0.717) is 5.41 Å². The van der Waals surface area contributed by atoms with Crippen LogP contribution in [0.4, 0.5) is 5.82 Å². The van der Waals surface area contributed by atoms with E-state index in [1.54, 1.807) is 0 Å². The molecule has 0 unspecified atom stereocenters. The van der Waals surface area contributed by atoms with Gasteiger partial charge in [-0.05, 0) is 38.0 Å². The van der Waals surface area contributed by atoms with Gasteiger partial charge in [0.15, 0.2) is 5.65 Å². The zero-order valence-electron chi connectivity index (χ0n) is 12.6. The number of fused-ring (bicyclic) bond motifs is 1. The van der Waals surface area contributed by atoms with Crippen LogP contribution in [0.15, 0.2) is 18.3 Å². The lowest BCUT2D eigenvalue weighted by atomic mass is 9.72. The predicted molar refractivity (Wildman–Crippen MR) is 81.7 cm³/mol. The van der Waals surface area contributed by atoms with E-state index in [-0.39, 0.29) is 0 Å². The Balaban J connectivity index is 1.58. The third kappa shape index (κ3) is 2.29. The Labute approximate surface area is 124 Å². The molecule has 2 fully saturated rings. The molecule has 0 aromatic carbocycles. The summed E-state index contributed by atoms with van der Waals surface area (Å²) in [5, 5.41) is 4.43. The summed E-state index contributed by atoms with van der Waals surface area (Å²) in [6, 6.07) is 4.13. The molecule has 112 valence electrons. The van der Waals surface area contributed by atoms with Gasteiger partial charge in [-0.1, -0.05) is 0 Å². The lowest BCUT2D eigenvalue weighted by Gasteiger charge is -2.44. The monoisotopic (exact) mass is 286 g/mol. The second-order valence-electron chi connectivity index (χ2n) is 6.46. The maximum Gasteiger partial charge on any atom is 0.157 e. The van der Waals surface area contributed by atoms with Crippen molar-refractivity contribution in [3.8, 4) is 0 Å². The van der Waals surface area contributed by atoms with Gasteiger partial charge < -0.3 is 9.64 Å². The summed E-state index contributed by atoms with van der Waals surface area (Å²) in [6.45, 7) is 6.16. The van der Waals surface area contributed by atoms with Crippen LogP contribution in [0.3, 0.4) is 0 Å². The molecule has 2 aliphatic heterocycles. The van der Waals surface area contributed by atoms with Crippen molar-refractivity contribution in [3.05, 3.63) is 24.0 Å². The molecule has 0 amide bonds. The molecule has 1 spiro atoms. The lowest BCUT2D eigenvalue weighted by molar-refractivity contribution is 0.00203. The van der Waals surface area contributed by atoms with Gasteiger partial charge in [-0.15, -0.1) is 0 Å². The van der Waals surface area contributed by atoms with E-state index in [1.807, 2.05) is 16.8 Å². The maximum absolute atomic E-state index is 5.54. The van der Waals surface area contributed by atoms with Crippen LogP contribution in [0.5, 0.6) is 0 Å². The molecule has 2 aromatic heterocycles. The highest BCUT2D eigenvalue weighted by Gasteiger charge is 2.36. The van der Waals surface area contributed by atoms with Gasteiger partial charge in [0.25, 0.3) is 0 Å². The summed E-state index contributed by atoms with van der Waals surface area (Å²) in [5.41, 5.74) is 2.53. The van der Waals surface area contributed by atoms with E-state index < -0.39 is 0 Å². The Morgan fingerprint density at radius 1 is 1.14 bits per heavy atom. The molecule has 0 atom stereocenters. The van der Waals surface area contributed by atoms with Crippen LogP contribution in [0.1, 0.15) is 31.4 Å². The maximum atomic E-state index is 5.54. The minimum absolute atomic E-state index is 0.528. The highest BCUT2D eigenvalue weighted by Crippen LogP contribution is 2.41. The molecular formula is C16H22N4O. The molecular weight excluding hydrogens is 264 g/mol. The van der Waals surface area contributed by atoms with Crippen LogP contribution in [0.2, 0.25) is 0 Å². The van der Waals surface area contributed by atoms with Crippen LogP contribution in [-0.2, 0) is 4.74 Å². The number of piperidine rings is 1. The molecule has 5 heteroatoms. The summed E-state index contributed by atoms with van der Waals surface area (Å²) < 4.78 is 7.50. The number of hydrogen-bond donors (Lipinski definition) is 0. The first-order valence-corrected chi connectivity index (χ1v) is 7.90. The average molecular weight is 286 g/mol. The van der Waals surface area contributed by atoms with Crippen LogP contribution in [0, 0.1) is 12.3 Å². The molecule has 4 rings (SSSR count). The number of aromatic nitrogens is 3. The molecule has 0 N–H and O–H groups in total. The second kappa shape index (κ2) is 4.98. The zero-order chi connectivity index (χ0) is 14.3. The van der Waals surface area contributed by atoms with E-state index in [2.05, 4.69) is 28.0 Å². The highest BCUT2D eigenvalue weighted by atomic mass is 16.5. The van der Waals surface area contributed by atoms with Crippen molar-refractivity contribution in [1.29, 1.82) is 0 Å². The number of anilines is 1. The smallest absolute Gasteiger partial charge is 0.157 e. The Morgan fingerprint density at radius 2 is 1.90 bits per heavy atom. The third-order valence-corrected chi connectivity index (χ3v) is 5.17. The molecule has 21 heavy (non-hydrogen) atoms. The molecule has 0 radical (unpaired) electrons. The fourth-order valence-electron chi connectivity index (χ4n) is 3.76. The van der Waals surface area contributed by atoms with Crippen LogP contribution in [-0.4, -0.2) is 40.9 Å². The summed E-state index contributed by atoms with van der Waals surface area (Å²) in [5.74, 6) is 1.18. The molecule has 2 aliphatic rings. The summed E-state index contributed by atoms with van der Waals surface area (Å²) >= 11 is 0. The molecule has 2 saturated heterocycles. The van der Waals surface area contributed by atoms with Crippen molar-refractivity contribution in [2.45, 2.75) is 32.6 Å². The van der Waals surface area contributed by atoms with E-state index in [9.17, 15) is 0 Å². The fraction of sp³-hybridized carbons (Fsp3) is 0.625. The van der Waals surface area contributed by atoms with Crippen molar-refractivity contribution in [3.63, 3.8) is 0 Å². The first-order valence-electron chi connectivity index (χ1n) is 7.90. The Hall–Kier alpha value is -1.62. The predicted octanol–water partition coefficient (Wildman–Crippen LogP) is 2.43. The summed E-state index contributed by atoms with van der Waals surface area (Å²) in [6.07, 6.45) is 6.82. The minimum Gasteiger partial charge on any atom is -0.381 e. The van der Waals surface area contributed by atoms with Gasteiger partial charge in [0.2, 0.25) is 0 Å². The molecule has 0 aliphatic carbocycles. The molecule has 0 saturated carbocycles. The number of hydrogen-bond acceptors (Lipinski definition) is 4. The van der Waals surface area contributed by atoms with Gasteiger partial charge in [-0.2, -0.15) is 9.61 Å². The van der Waals surface area contributed by atoms with Gasteiger partial charge in [0.1, 0.15) is 5.82 Å². The van der Waals surface area contributed by atoms with Crippen molar-refractivity contribution in [2.75, 3.05) is 31.2 Å². The Bertz CT molecular complexity index is 635. The van der Waals surface area contributed by atoms with Crippen LogP contribution >= 0.6 is 0 Å². The van der Waals surface area contributed by atoms with Crippen molar-refractivity contribution in [1.82, 2.24) is 14.6 Å². The van der Waals surface area contributed by atoms with E-state index >= 15 is 0 Å². The first-order chi connectivity index (χ1) is 10.3. The average Bonchev–Trinajstić information content (AvgIpc) is 2.96. The normalized spacial score (nSPS) is 22.0. The van der Waals surface area contributed by atoms with Gasteiger partial charge in [-0.3, -0.25) is 0 Å². The van der Waals surface area contributed by atoms with Gasteiger partial charge in [0, 0.05) is 44.1 Å². The summed E-state index contributed by atoms with van der Waals surface area (Å²) in [7, 11) is 0. The van der Waals surface area contributed by atoms with Gasteiger partial charge >= 0.3 is 0 Å². The second-order valence-corrected chi connectivity index (χ2v) is 6.46. The Kier molecular flexibility index (Phi) is 3.10. The lowest BCUT2D eigenvalue weighted by Crippen LogP contribution is -2.43. The van der Waals surface area contributed by atoms with E-state index in [0.717, 1.165) is 37.6 Å². The van der Waals surface area contributed by atoms with Crippen molar-refractivity contribution >= 4 is 11.5 Å². The first kappa shape index (κ1) is 13.1. The van der Waals surface area contributed by atoms with Gasteiger partial charge in [-0.25, -0.2) is 4.98 Å². The van der Waals surface area contributed by atoms with E-state index in [1.165, 1.54) is 31.5 Å². The molecule has 2 aromatic rings. The van der Waals surface area contributed by atoms with E-state index in [4.69, 9.17) is 4.74 Å². The quantitative estimate of drug-likeness (QED) is 0.807.